The molecule has 1 unspecified atom stereocenters. The molecule has 2 aromatic heterocycles. The van der Waals surface area contributed by atoms with Gasteiger partial charge in [0.05, 0.1) is 17.5 Å². The number of benzene rings is 1. The van der Waals surface area contributed by atoms with Gasteiger partial charge in [0.25, 0.3) is 0 Å². The molecule has 0 saturated carbocycles. The molecule has 130 valence electrons. The first-order valence-electron chi connectivity index (χ1n) is 8.55. The second kappa shape index (κ2) is 7.11. The average molecular weight is 336 g/mol. The topological polar surface area (TPSA) is 46.8 Å². The molecular weight excluding hydrogens is 312 g/mol. The van der Waals surface area contributed by atoms with Crippen LogP contribution in [-0.2, 0) is 0 Å². The third-order valence-electron chi connectivity index (χ3n) is 4.19. The Kier molecular flexibility index (Phi) is 4.91. The molecular formula is C21H24N2O2. The van der Waals surface area contributed by atoms with E-state index in [0.29, 0.717) is 13.0 Å². The average Bonchev–Trinajstić information content (AvgIpc) is 3.00. The molecule has 0 fully saturated rings. The van der Waals surface area contributed by atoms with Crippen molar-refractivity contribution in [1.82, 2.24) is 9.38 Å². The van der Waals surface area contributed by atoms with Gasteiger partial charge in [0.1, 0.15) is 18.0 Å². The number of ether oxygens (including phenoxy) is 1. The summed E-state index contributed by atoms with van der Waals surface area (Å²) in [4.78, 5) is 4.76. The highest BCUT2D eigenvalue weighted by molar-refractivity contribution is 5.68. The standard InChI is InChI=1S/C21H24N2O2/c1-5-18(24)21-20(22-19-8-6-7-15(4)23(19)21)16-9-11-17(12-10-16)25-13-14(2)3/h6-12,18,24H,2,5,13H2,1,3-4H3. The number of hydrogen-bond acceptors (Lipinski definition) is 3. The number of aromatic nitrogens is 2. The molecule has 2 heterocycles. The van der Waals surface area contributed by atoms with E-state index >= 15 is 0 Å². The maximum Gasteiger partial charge on any atom is 0.137 e. The highest BCUT2D eigenvalue weighted by atomic mass is 16.5. The monoisotopic (exact) mass is 336 g/mol. The number of imidazole rings is 1. The van der Waals surface area contributed by atoms with Gasteiger partial charge in [0.15, 0.2) is 0 Å². The minimum atomic E-state index is -0.564. The number of fused-ring (bicyclic) bond motifs is 1. The van der Waals surface area contributed by atoms with Gasteiger partial charge in [-0.25, -0.2) is 4.98 Å². The first-order chi connectivity index (χ1) is 12.0. The van der Waals surface area contributed by atoms with Gasteiger partial charge in [-0.2, -0.15) is 0 Å². The van der Waals surface area contributed by atoms with Crippen LogP contribution in [0.5, 0.6) is 5.75 Å². The second-order valence-corrected chi connectivity index (χ2v) is 6.40. The van der Waals surface area contributed by atoms with Crippen LogP contribution >= 0.6 is 0 Å². The van der Waals surface area contributed by atoms with Crippen LogP contribution in [0, 0.1) is 6.92 Å². The van der Waals surface area contributed by atoms with Crippen molar-refractivity contribution in [1.29, 1.82) is 0 Å². The van der Waals surface area contributed by atoms with Gasteiger partial charge in [-0.3, -0.25) is 4.40 Å². The van der Waals surface area contributed by atoms with Crippen LogP contribution in [0.2, 0.25) is 0 Å². The van der Waals surface area contributed by atoms with E-state index in [-0.39, 0.29) is 0 Å². The number of hydrogen-bond donors (Lipinski definition) is 1. The van der Waals surface area contributed by atoms with Crippen molar-refractivity contribution in [2.24, 2.45) is 0 Å². The Balaban J connectivity index is 2.06. The lowest BCUT2D eigenvalue weighted by molar-refractivity contribution is 0.168. The van der Waals surface area contributed by atoms with Crippen molar-refractivity contribution in [3.8, 4) is 17.0 Å². The quantitative estimate of drug-likeness (QED) is 0.663. The van der Waals surface area contributed by atoms with E-state index in [4.69, 9.17) is 9.72 Å². The molecule has 0 amide bonds. The zero-order valence-corrected chi connectivity index (χ0v) is 15.0. The van der Waals surface area contributed by atoms with Crippen LogP contribution in [0.3, 0.4) is 0 Å². The van der Waals surface area contributed by atoms with Crippen molar-refractivity contribution >= 4 is 5.65 Å². The van der Waals surface area contributed by atoms with Gasteiger partial charge in [-0.05, 0) is 62.2 Å². The maximum absolute atomic E-state index is 10.6. The lowest BCUT2D eigenvalue weighted by Gasteiger charge is -2.13. The Morgan fingerprint density at radius 3 is 2.60 bits per heavy atom. The largest absolute Gasteiger partial charge is 0.489 e. The summed E-state index contributed by atoms with van der Waals surface area (Å²) in [7, 11) is 0. The van der Waals surface area contributed by atoms with Gasteiger partial charge < -0.3 is 9.84 Å². The Morgan fingerprint density at radius 2 is 1.96 bits per heavy atom. The Morgan fingerprint density at radius 1 is 1.24 bits per heavy atom. The summed E-state index contributed by atoms with van der Waals surface area (Å²) in [5.41, 5.74) is 5.50. The molecule has 0 radical (unpaired) electrons. The van der Waals surface area contributed by atoms with Crippen molar-refractivity contribution in [3.05, 3.63) is 66.0 Å². The maximum atomic E-state index is 10.6. The minimum absolute atomic E-state index is 0.507. The zero-order chi connectivity index (χ0) is 18.0. The summed E-state index contributed by atoms with van der Waals surface area (Å²) < 4.78 is 7.70. The normalized spacial score (nSPS) is 12.3. The molecule has 0 bridgehead atoms. The van der Waals surface area contributed by atoms with E-state index in [0.717, 1.165) is 39.6 Å². The highest BCUT2D eigenvalue weighted by Crippen LogP contribution is 2.32. The van der Waals surface area contributed by atoms with Crippen LogP contribution < -0.4 is 4.74 Å². The third kappa shape index (κ3) is 3.44. The van der Waals surface area contributed by atoms with Crippen molar-refractivity contribution in [3.63, 3.8) is 0 Å². The molecule has 1 atom stereocenters. The van der Waals surface area contributed by atoms with Gasteiger partial charge in [-0.1, -0.05) is 19.6 Å². The first-order valence-corrected chi connectivity index (χ1v) is 8.55. The van der Waals surface area contributed by atoms with Crippen LogP contribution in [0.4, 0.5) is 0 Å². The number of nitrogens with zero attached hydrogens (tertiary/aromatic N) is 2. The van der Waals surface area contributed by atoms with Gasteiger partial charge in [0, 0.05) is 11.3 Å². The summed E-state index contributed by atoms with van der Waals surface area (Å²) in [6.45, 7) is 10.3. The lowest BCUT2D eigenvalue weighted by atomic mass is 10.1. The summed E-state index contributed by atoms with van der Waals surface area (Å²) in [6, 6.07) is 13.8. The van der Waals surface area contributed by atoms with Crippen LogP contribution in [-0.4, -0.2) is 21.1 Å². The summed E-state index contributed by atoms with van der Waals surface area (Å²) in [6.07, 6.45) is 0.0695. The molecule has 0 saturated heterocycles. The minimum Gasteiger partial charge on any atom is -0.489 e. The van der Waals surface area contributed by atoms with Gasteiger partial charge >= 0.3 is 0 Å². The molecule has 3 aromatic rings. The van der Waals surface area contributed by atoms with Crippen LogP contribution in [0.15, 0.2) is 54.6 Å². The fraction of sp³-hybridized carbons (Fsp3) is 0.286. The molecule has 25 heavy (non-hydrogen) atoms. The Labute approximate surface area is 148 Å². The van der Waals surface area contributed by atoms with Gasteiger partial charge in [0.2, 0.25) is 0 Å². The number of aliphatic hydroxyl groups is 1. The fourth-order valence-electron chi connectivity index (χ4n) is 2.91. The molecule has 0 aliphatic rings. The van der Waals surface area contributed by atoms with Crippen LogP contribution in [0.25, 0.3) is 16.9 Å². The van der Waals surface area contributed by atoms with Gasteiger partial charge in [-0.15, -0.1) is 0 Å². The Hall–Kier alpha value is -2.59. The first kappa shape index (κ1) is 17.2. The third-order valence-corrected chi connectivity index (χ3v) is 4.19. The van der Waals surface area contributed by atoms with E-state index in [1.54, 1.807) is 0 Å². The second-order valence-electron chi connectivity index (χ2n) is 6.40. The number of pyridine rings is 1. The molecule has 0 spiro atoms. The number of aryl methyl sites for hydroxylation is 1. The van der Waals surface area contributed by atoms with E-state index < -0.39 is 6.10 Å². The number of aliphatic hydroxyl groups excluding tert-OH is 1. The lowest BCUT2D eigenvalue weighted by Crippen LogP contribution is -2.04. The Bertz CT molecular complexity index is 894. The van der Waals surface area contributed by atoms with Crippen LogP contribution in [0.1, 0.15) is 37.8 Å². The molecule has 1 N–H and O–H groups in total. The fourth-order valence-corrected chi connectivity index (χ4v) is 2.91. The van der Waals surface area contributed by atoms with E-state index in [9.17, 15) is 5.11 Å². The van der Waals surface area contributed by atoms with E-state index in [1.807, 2.05) is 67.6 Å². The van der Waals surface area contributed by atoms with E-state index in [2.05, 4.69) is 6.58 Å². The number of rotatable bonds is 6. The molecule has 3 rings (SSSR count). The molecule has 0 aliphatic carbocycles. The van der Waals surface area contributed by atoms with E-state index in [1.165, 1.54) is 0 Å². The molecule has 0 aliphatic heterocycles. The summed E-state index contributed by atoms with van der Waals surface area (Å²) in [5, 5.41) is 10.6. The SMILES string of the molecule is C=C(C)COc1ccc(-c2nc3cccc(C)n3c2C(O)CC)cc1. The highest BCUT2D eigenvalue weighted by Gasteiger charge is 2.20. The molecule has 4 heteroatoms. The molecule has 1 aromatic carbocycles. The van der Waals surface area contributed by atoms with Crippen molar-refractivity contribution in [2.45, 2.75) is 33.3 Å². The zero-order valence-electron chi connectivity index (χ0n) is 15.0. The smallest absolute Gasteiger partial charge is 0.137 e. The van der Waals surface area contributed by atoms with Crippen molar-refractivity contribution < 1.29 is 9.84 Å². The predicted octanol–water partition coefficient (Wildman–Crippen LogP) is 4.71. The van der Waals surface area contributed by atoms with Crippen molar-refractivity contribution in [2.75, 3.05) is 6.61 Å². The summed E-state index contributed by atoms with van der Waals surface area (Å²) in [5.74, 6) is 0.796. The summed E-state index contributed by atoms with van der Waals surface area (Å²) >= 11 is 0. The molecule has 4 nitrogen and oxygen atoms in total. The predicted molar refractivity (Wildman–Crippen MR) is 101 cm³/mol.